The molecule has 7 nitrogen and oxygen atoms in total. The van der Waals surface area contributed by atoms with Crippen molar-refractivity contribution in [3.05, 3.63) is 28.2 Å². The first-order chi connectivity index (χ1) is 12.3. The number of amides is 1. The molecule has 1 saturated heterocycles. The number of nitrogens with one attached hydrogen (secondary N) is 1. The van der Waals surface area contributed by atoms with Crippen LogP contribution in [0.3, 0.4) is 0 Å². The molecule has 0 bridgehead atoms. The summed E-state index contributed by atoms with van der Waals surface area (Å²) in [6, 6.07) is 4.68. The van der Waals surface area contributed by atoms with E-state index in [0.717, 1.165) is 51.3 Å². The maximum absolute atomic E-state index is 12.3. The van der Waals surface area contributed by atoms with Crippen LogP contribution in [-0.2, 0) is 17.8 Å². The maximum Gasteiger partial charge on any atom is 0.223 e. The van der Waals surface area contributed by atoms with Crippen LogP contribution in [0, 0.1) is 5.92 Å². The molecule has 8 heteroatoms. The summed E-state index contributed by atoms with van der Waals surface area (Å²) in [7, 11) is 0. The second-order valence-electron chi connectivity index (χ2n) is 6.94. The van der Waals surface area contributed by atoms with Gasteiger partial charge in [-0.1, -0.05) is 6.07 Å². The van der Waals surface area contributed by atoms with E-state index in [9.17, 15) is 4.79 Å². The summed E-state index contributed by atoms with van der Waals surface area (Å²) in [6.07, 6.45) is 5.12. The lowest BCUT2D eigenvalue weighted by Gasteiger charge is -2.30. The lowest BCUT2D eigenvalue weighted by molar-refractivity contribution is -0.126. The zero-order valence-corrected chi connectivity index (χ0v) is 15.1. The van der Waals surface area contributed by atoms with E-state index >= 15 is 0 Å². The Morgan fingerprint density at radius 2 is 2.12 bits per heavy atom. The van der Waals surface area contributed by atoms with Crippen molar-refractivity contribution in [3.8, 4) is 0 Å². The van der Waals surface area contributed by atoms with Crippen LogP contribution in [0.2, 0.25) is 0 Å². The molecular formula is C17H24N6OS. The Morgan fingerprint density at radius 1 is 1.28 bits per heavy atom. The molecular weight excluding hydrogens is 336 g/mol. The number of hydrogen-bond donors (Lipinski definition) is 1. The second kappa shape index (κ2) is 7.61. The normalized spacial score (nSPS) is 19.2. The molecule has 134 valence electrons. The summed E-state index contributed by atoms with van der Waals surface area (Å²) in [5, 5.41) is 17.3. The van der Waals surface area contributed by atoms with Gasteiger partial charge in [0.25, 0.3) is 0 Å². The van der Waals surface area contributed by atoms with Crippen molar-refractivity contribution in [1.29, 1.82) is 0 Å². The standard InChI is InChI=1S/C17H24N6OS/c24-17(18-8-5-15-2-1-11-25-15)13-6-9-22(10-7-13)12-16-19-20-21-23(16)14-3-4-14/h1-2,11,13-14H,3-10,12H2,(H,18,24). The van der Waals surface area contributed by atoms with Crippen LogP contribution in [0.15, 0.2) is 17.5 Å². The Labute approximate surface area is 151 Å². The van der Waals surface area contributed by atoms with Crippen LogP contribution in [0.1, 0.15) is 42.4 Å². The van der Waals surface area contributed by atoms with E-state index in [2.05, 4.69) is 43.3 Å². The van der Waals surface area contributed by atoms with Gasteiger partial charge in [-0.25, -0.2) is 4.68 Å². The molecule has 0 radical (unpaired) electrons. The van der Waals surface area contributed by atoms with E-state index in [1.165, 1.54) is 17.7 Å². The molecule has 2 fully saturated rings. The summed E-state index contributed by atoms with van der Waals surface area (Å²) in [4.78, 5) is 16.0. The van der Waals surface area contributed by atoms with Crippen LogP contribution in [-0.4, -0.2) is 50.6 Å². The van der Waals surface area contributed by atoms with Crippen LogP contribution in [0.25, 0.3) is 0 Å². The van der Waals surface area contributed by atoms with E-state index in [4.69, 9.17) is 0 Å². The Hall–Kier alpha value is -1.80. The quantitative estimate of drug-likeness (QED) is 0.812. The number of aromatic nitrogens is 4. The first-order valence-corrected chi connectivity index (χ1v) is 9.97. The minimum atomic E-state index is 0.138. The van der Waals surface area contributed by atoms with E-state index in [-0.39, 0.29) is 11.8 Å². The molecule has 2 aromatic heterocycles. The van der Waals surface area contributed by atoms with E-state index in [1.807, 2.05) is 4.68 Å². The fourth-order valence-electron chi connectivity index (χ4n) is 3.38. The summed E-state index contributed by atoms with van der Waals surface area (Å²) < 4.78 is 1.98. The molecule has 0 unspecified atom stereocenters. The third-order valence-electron chi connectivity index (χ3n) is 5.03. The van der Waals surface area contributed by atoms with Gasteiger partial charge in [0.05, 0.1) is 12.6 Å². The van der Waals surface area contributed by atoms with Gasteiger partial charge in [0.2, 0.25) is 5.91 Å². The van der Waals surface area contributed by atoms with Gasteiger partial charge in [0.15, 0.2) is 5.82 Å². The average molecular weight is 360 g/mol. The van der Waals surface area contributed by atoms with Crippen LogP contribution >= 0.6 is 11.3 Å². The molecule has 1 saturated carbocycles. The predicted molar refractivity (Wildman–Crippen MR) is 95.1 cm³/mol. The third-order valence-corrected chi connectivity index (χ3v) is 5.96. The molecule has 2 aromatic rings. The Bertz CT molecular complexity index is 688. The number of rotatable bonds is 7. The number of carbonyl (C=O) groups is 1. The number of tetrazole rings is 1. The molecule has 1 aliphatic heterocycles. The number of piperidine rings is 1. The predicted octanol–water partition coefficient (Wildman–Crippen LogP) is 1.64. The molecule has 25 heavy (non-hydrogen) atoms. The first kappa shape index (κ1) is 16.7. The average Bonchev–Trinajstić information content (AvgIpc) is 3.14. The highest BCUT2D eigenvalue weighted by molar-refractivity contribution is 7.09. The zero-order chi connectivity index (χ0) is 17.1. The molecule has 2 aliphatic rings. The molecule has 1 amide bonds. The molecule has 1 aliphatic carbocycles. The van der Waals surface area contributed by atoms with Crippen molar-refractivity contribution < 1.29 is 4.79 Å². The molecule has 4 rings (SSSR count). The highest BCUT2D eigenvalue weighted by Crippen LogP contribution is 2.34. The number of likely N-dealkylation sites (tertiary alicyclic amines) is 1. The summed E-state index contributed by atoms with van der Waals surface area (Å²) in [5.74, 6) is 1.30. The van der Waals surface area contributed by atoms with Gasteiger partial charge in [-0.15, -0.1) is 16.4 Å². The van der Waals surface area contributed by atoms with Gasteiger partial charge in [0.1, 0.15) is 0 Å². The lowest BCUT2D eigenvalue weighted by atomic mass is 9.96. The largest absolute Gasteiger partial charge is 0.355 e. The fraction of sp³-hybridized carbons (Fsp3) is 0.647. The maximum atomic E-state index is 12.3. The van der Waals surface area contributed by atoms with Gasteiger partial charge < -0.3 is 5.32 Å². The first-order valence-electron chi connectivity index (χ1n) is 9.09. The molecule has 0 aromatic carbocycles. The molecule has 0 atom stereocenters. The Kier molecular flexibility index (Phi) is 5.07. The highest BCUT2D eigenvalue weighted by Gasteiger charge is 2.30. The van der Waals surface area contributed by atoms with Crippen LogP contribution in [0.5, 0.6) is 0 Å². The van der Waals surface area contributed by atoms with Crippen molar-refractivity contribution in [2.45, 2.75) is 44.7 Å². The number of nitrogens with zero attached hydrogens (tertiary/aromatic N) is 5. The van der Waals surface area contributed by atoms with E-state index < -0.39 is 0 Å². The van der Waals surface area contributed by atoms with Crippen molar-refractivity contribution in [2.75, 3.05) is 19.6 Å². The minimum Gasteiger partial charge on any atom is -0.355 e. The number of hydrogen-bond acceptors (Lipinski definition) is 6. The van der Waals surface area contributed by atoms with Crippen LogP contribution < -0.4 is 5.32 Å². The van der Waals surface area contributed by atoms with Crippen molar-refractivity contribution >= 4 is 17.2 Å². The van der Waals surface area contributed by atoms with Gasteiger partial charge in [0, 0.05) is 17.3 Å². The SMILES string of the molecule is O=C(NCCc1cccs1)C1CCN(Cc2nnnn2C2CC2)CC1. The lowest BCUT2D eigenvalue weighted by Crippen LogP contribution is -2.41. The summed E-state index contributed by atoms with van der Waals surface area (Å²) >= 11 is 1.74. The van der Waals surface area contributed by atoms with Gasteiger partial charge in [-0.05, 0) is 67.1 Å². The van der Waals surface area contributed by atoms with Crippen LogP contribution in [0.4, 0.5) is 0 Å². The smallest absolute Gasteiger partial charge is 0.223 e. The Morgan fingerprint density at radius 3 is 2.84 bits per heavy atom. The zero-order valence-electron chi connectivity index (χ0n) is 14.3. The van der Waals surface area contributed by atoms with Gasteiger partial charge in [-0.3, -0.25) is 9.69 Å². The molecule has 0 spiro atoms. The number of thiophene rings is 1. The highest BCUT2D eigenvalue weighted by atomic mass is 32.1. The van der Waals surface area contributed by atoms with E-state index in [1.54, 1.807) is 11.3 Å². The van der Waals surface area contributed by atoms with Gasteiger partial charge in [-0.2, -0.15) is 0 Å². The third kappa shape index (κ3) is 4.24. The molecule has 3 heterocycles. The molecule has 1 N–H and O–H groups in total. The number of carbonyl (C=O) groups excluding carboxylic acids is 1. The summed E-state index contributed by atoms with van der Waals surface area (Å²) in [5.41, 5.74) is 0. The summed E-state index contributed by atoms with van der Waals surface area (Å²) in [6.45, 7) is 3.38. The fourth-order valence-corrected chi connectivity index (χ4v) is 4.09. The van der Waals surface area contributed by atoms with E-state index in [0.29, 0.717) is 6.04 Å². The monoisotopic (exact) mass is 360 g/mol. The van der Waals surface area contributed by atoms with Crippen molar-refractivity contribution in [2.24, 2.45) is 5.92 Å². The van der Waals surface area contributed by atoms with Crippen molar-refractivity contribution in [3.63, 3.8) is 0 Å². The minimum absolute atomic E-state index is 0.138. The van der Waals surface area contributed by atoms with Crippen molar-refractivity contribution in [1.82, 2.24) is 30.4 Å². The second-order valence-corrected chi connectivity index (χ2v) is 7.97. The Balaban J connectivity index is 1.20. The van der Waals surface area contributed by atoms with Gasteiger partial charge >= 0.3 is 0 Å². The topological polar surface area (TPSA) is 75.9 Å².